The molecular weight excluding hydrogens is 320 g/mol. The van der Waals surface area contributed by atoms with Crippen molar-refractivity contribution in [3.63, 3.8) is 0 Å². The fourth-order valence-electron chi connectivity index (χ4n) is 1.89. The first-order valence-electron chi connectivity index (χ1n) is 6.84. The molecule has 0 saturated carbocycles. The molecule has 0 atom stereocenters. The maximum absolute atomic E-state index is 11.8. The topological polar surface area (TPSA) is 81.5 Å². The van der Waals surface area contributed by atoms with Gasteiger partial charge in [-0.15, -0.1) is 0 Å². The second-order valence-corrected chi connectivity index (χ2v) is 5.36. The van der Waals surface area contributed by atoms with Crippen LogP contribution < -0.4 is 10.1 Å². The summed E-state index contributed by atoms with van der Waals surface area (Å²) in [6.45, 7) is 1.82. The molecule has 1 amide bonds. The van der Waals surface area contributed by atoms with Gasteiger partial charge in [0.25, 0.3) is 5.91 Å². The van der Waals surface area contributed by atoms with Gasteiger partial charge in [0.1, 0.15) is 0 Å². The van der Waals surface area contributed by atoms with E-state index < -0.39 is 4.92 Å². The summed E-state index contributed by atoms with van der Waals surface area (Å²) in [6.07, 6.45) is 0. The monoisotopic (exact) mass is 334 g/mol. The van der Waals surface area contributed by atoms with Gasteiger partial charge in [0.2, 0.25) is 0 Å². The lowest BCUT2D eigenvalue weighted by molar-refractivity contribution is -0.385. The van der Waals surface area contributed by atoms with Crippen molar-refractivity contribution in [1.29, 1.82) is 0 Å². The van der Waals surface area contributed by atoms with Gasteiger partial charge in [-0.2, -0.15) is 0 Å². The van der Waals surface area contributed by atoms with E-state index in [0.717, 1.165) is 11.1 Å². The van der Waals surface area contributed by atoms with Crippen LogP contribution in [-0.2, 0) is 11.3 Å². The lowest BCUT2D eigenvalue weighted by Gasteiger charge is -2.08. The molecule has 0 aliphatic carbocycles. The average Bonchev–Trinajstić information content (AvgIpc) is 2.52. The van der Waals surface area contributed by atoms with Crippen molar-refractivity contribution < 1.29 is 14.5 Å². The molecular formula is C16H15ClN2O4. The van der Waals surface area contributed by atoms with Crippen molar-refractivity contribution in [3.05, 3.63) is 68.7 Å². The molecule has 0 radical (unpaired) electrons. The van der Waals surface area contributed by atoms with Gasteiger partial charge < -0.3 is 10.1 Å². The number of nitro groups is 1. The molecule has 0 spiro atoms. The Kier molecular flexibility index (Phi) is 5.54. The number of benzene rings is 2. The van der Waals surface area contributed by atoms with Crippen LogP contribution in [0.3, 0.4) is 0 Å². The molecule has 0 fully saturated rings. The van der Waals surface area contributed by atoms with E-state index >= 15 is 0 Å². The molecule has 0 heterocycles. The second-order valence-electron chi connectivity index (χ2n) is 4.92. The maximum Gasteiger partial charge on any atom is 0.310 e. The first kappa shape index (κ1) is 16.8. The first-order valence-corrected chi connectivity index (χ1v) is 7.22. The van der Waals surface area contributed by atoms with Gasteiger partial charge in [-0.05, 0) is 36.2 Å². The third kappa shape index (κ3) is 4.96. The van der Waals surface area contributed by atoms with Gasteiger partial charge >= 0.3 is 5.69 Å². The summed E-state index contributed by atoms with van der Waals surface area (Å²) in [5.41, 5.74) is 1.54. The van der Waals surface area contributed by atoms with Gasteiger partial charge in [-0.25, -0.2) is 0 Å². The number of hydrogen-bond donors (Lipinski definition) is 1. The van der Waals surface area contributed by atoms with E-state index in [9.17, 15) is 14.9 Å². The molecule has 0 unspecified atom stereocenters. The van der Waals surface area contributed by atoms with E-state index in [1.54, 1.807) is 37.3 Å². The van der Waals surface area contributed by atoms with Crippen molar-refractivity contribution in [3.8, 4) is 5.75 Å². The quantitative estimate of drug-likeness (QED) is 0.649. The van der Waals surface area contributed by atoms with E-state index in [1.807, 2.05) is 0 Å². The zero-order valence-corrected chi connectivity index (χ0v) is 13.2. The van der Waals surface area contributed by atoms with Crippen molar-refractivity contribution in [1.82, 2.24) is 5.32 Å². The SMILES string of the molecule is Cc1ccc([N+](=O)[O-])c(OCC(=O)NCc2ccc(Cl)cc2)c1. The number of hydrogen-bond acceptors (Lipinski definition) is 4. The molecule has 2 aromatic carbocycles. The minimum absolute atomic E-state index is 0.0802. The van der Waals surface area contributed by atoms with Crippen LogP contribution in [-0.4, -0.2) is 17.4 Å². The molecule has 1 N–H and O–H groups in total. The lowest BCUT2D eigenvalue weighted by Crippen LogP contribution is -2.28. The number of nitro benzene ring substituents is 1. The van der Waals surface area contributed by atoms with Gasteiger partial charge in [0.15, 0.2) is 12.4 Å². The fourth-order valence-corrected chi connectivity index (χ4v) is 2.01. The summed E-state index contributed by atoms with van der Waals surface area (Å²) in [4.78, 5) is 22.2. The van der Waals surface area contributed by atoms with E-state index in [2.05, 4.69) is 5.32 Å². The van der Waals surface area contributed by atoms with Crippen LogP contribution in [0.1, 0.15) is 11.1 Å². The number of halogens is 1. The van der Waals surface area contributed by atoms with Crippen LogP contribution in [0.2, 0.25) is 5.02 Å². The highest BCUT2D eigenvalue weighted by molar-refractivity contribution is 6.30. The third-order valence-electron chi connectivity index (χ3n) is 3.07. The summed E-state index contributed by atoms with van der Waals surface area (Å²) < 4.78 is 5.27. The van der Waals surface area contributed by atoms with Gasteiger partial charge in [-0.1, -0.05) is 29.8 Å². The van der Waals surface area contributed by atoms with Crippen LogP contribution >= 0.6 is 11.6 Å². The number of carbonyl (C=O) groups is 1. The molecule has 0 aliphatic heterocycles. The van der Waals surface area contributed by atoms with E-state index in [-0.39, 0.29) is 24.0 Å². The van der Waals surface area contributed by atoms with Gasteiger partial charge in [0, 0.05) is 17.6 Å². The highest BCUT2D eigenvalue weighted by Gasteiger charge is 2.16. The van der Waals surface area contributed by atoms with Gasteiger partial charge in [-0.3, -0.25) is 14.9 Å². The number of ether oxygens (including phenoxy) is 1. The Hall–Kier alpha value is -2.60. The molecule has 120 valence electrons. The summed E-state index contributed by atoms with van der Waals surface area (Å²) in [6, 6.07) is 11.6. The highest BCUT2D eigenvalue weighted by atomic mass is 35.5. The van der Waals surface area contributed by atoms with Crippen LogP contribution in [0, 0.1) is 17.0 Å². The zero-order chi connectivity index (χ0) is 16.8. The number of rotatable bonds is 6. The van der Waals surface area contributed by atoms with Crippen LogP contribution in [0.4, 0.5) is 5.69 Å². The Bertz CT molecular complexity index is 717. The smallest absolute Gasteiger partial charge is 0.310 e. The third-order valence-corrected chi connectivity index (χ3v) is 3.33. The molecule has 2 rings (SSSR count). The standard InChI is InChI=1S/C16H15ClN2O4/c1-11-2-7-14(19(21)22)15(8-11)23-10-16(20)18-9-12-3-5-13(17)6-4-12/h2-8H,9-10H2,1H3,(H,18,20). The van der Waals surface area contributed by atoms with Crippen molar-refractivity contribution in [2.24, 2.45) is 0 Å². The number of amides is 1. The Morgan fingerprint density at radius 1 is 1.26 bits per heavy atom. The summed E-state index contributed by atoms with van der Waals surface area (Å²) in [7, 11) is 0. The summed E-state index contributed by atoms with van der Waals surface area (Å²) in [5.74, 6) is -0.285. The fraction of sp³-hybridized carbons (Fsp3) is 0.188. The van der Waals surface area contributed by atoms with E-state index in [1.165, 1.54) is 12.1 Å². The Labute approximate surface area is 138 Å². The van der Waals surface area contributed by atoms with Gasteiger partial charge in [0.05, 0.1) is 4.92 Å². The van der Waals surface area contributed by atoms with Crippen LogP contribution in [0.25, 0.3) is 0 Å². The molecule has 0 bridgehead atoms. The molecule has 0 saturated heterocycles. The predicted molar refractivity (Wildman–Crippen MR) is 86.6 cm³/mol. The van der Waals surface area contributed by atoms with Crippen LogP contribution in [0.15, 0.2) is 42.5 Å². The normalized spacial score (nSPS) is 10.2. The number of nitrogens with one attached hydrogen (secondary N) is 1. The van der Waals surface area contributed by atoms with E-state index in [4.69, 9.17) is 16.3 Å². The minimum atomic E-state index is -0.541. The van der Waals surface area contributed by atoms with Crippen molar-refractivity contribution >= 4 is 23.2 Å². The molecule has 23 heavy (non-hydrogen) atoms. The van der Waals surface area contributed by atoms with E-state index in [0.29, 0.717) is 11.6 Å². The molecule has 6 nitrogen and oxygen atoms in total. The Morgan fingerprint density at radius 3 is 2.61 bits per heavy atom. The number of aryl methyl sites for hydroxylation is 1. The molecule has 0 aromatic heterocycles. The summed E-state index contributed by atoms with van der Waals surface area (Å²) >= 11 is 5.78. The van der Waals surface area contributed by atoms with Crippen molar-refractivity contribution in [2.75, 3.05) is 6.61 Å². The Morgan fingerprint density at radius 2 is 1.96 bits per heavy atom. The molecule has 7 heteroatoms. The lowest BCUT2D eigenvalue weighted by atomic mass is 10.2. The van der Waals surface area contributed by atoms with Crippen molar-refractivity contribution in [2.45, 2.75) is 13.5 Å². The highest BCUT2D eigenvalue weighted by Crippen LogP contribution is 2.27. The number of nitrogens with zero attached hydrogens (tertiary/aromatic N) is 1. The molecule has 0 aliphatic rings. The molecule has 2 aromatic rings. The number of carbonyl (C=O) groups excluding carboxylic acids is 1. The average molecular weight is 335 g/mol. The minimum Gasteiger partial charge on any atom is -0.477 e. The first-order chi connectivity index (χ1) is 11.0. The second kappa shape index (κ2) is 7.60. The zero-order valence-electron chi connectivity index (χ0n) is 12.4. The Balaban J connectivity index is 1.90. The predicted octanol–water partition coefficient (Wildman–Crippen LogP) is 3.25. The largest absolute Gasteiger partial charge is 0.477 e. The summed E-state index contributed by atoms with van der Waals surface area (Å²) in [5, 5.41) is 14.2. The van der Waals surface area contributed by atoms with Crippen LogP contribution in [0.5, 0.6) is 5.75 Å². The maximum atomic E-state index is 11.8.